The van der Waals surface area contributed by atoms with Crippen molar-refractivity contribution < 1.29 is 4.39 Å². The lowest BCUT2D eigenvalue weighted by molar-refractivity contribution is 0.613. The first kappa shape index (κ1) is 13.5. The third-order valence-electron chi connectivity index (χ3n) is 2.82. The largest absolute Gasteiger partial charge is 0.375 e. The second kappa shape index (κ2) is 5.37. The zero-order chi connectivity index (χ0) is 14.0. The van der Waals surface area contributed by atoms with Crippen molar-refractivity contribution in [3.8, 4) is 6.07 Å². The van der Waals surface area contributed by atoms with Gasteiger partial charge in [-0.05, 0) is 23.6 Å². The lowest BCUT2D eigenvalue weighted by Crippen LogP contribution is -1.97. The number of nitriles is 1. The van der Waals surface area contributed by atoms with Gasteiger partial charge in [0.2, 0.25) is 0 Å². The highest BCUT2D eigenvalue weighted by atomic mass is 32.1. The van der Waals surface area contributed by atoms with Gasteiger partial charge in [-0.2, -0.15) is 5.26 Å². The van der Waals surface area contributed by atoms with Crippen LogP contribution in [0.1, 0.15) is 41.5 Å². The highest BCUT2D eigenvalue weighted by molar-refractivity contribution is 7.15. The maximum absolute atomic E-state index is 13.9. The number of halogens is 1. The third-order valence-corrected chi connectivity index (χ3v) is 3.72. The first-order valence-electron chi connectivity index (χ1n) is 5.95. The Kier molecular flexibility index (Phi) is 3.82. The fourth-order valence-electron chi connectivity index (χ4n) is 1.89. The lowest BCUT2D eigenvalue weighted by Gasteiger charge is -2.06. The van der Waals surface area contributed by atoms with Crippen molar-refractivity contribution in [3.05, 3.63) is 45.7 Å². The molecule has 0 spiro atoms. The highest BCUT2D eigenvalue weighted by Crippen LogP contribution is 2.29. The maximum atomic E-state index is 13.9. The minimum atomic E-state index is -0.360. The third kappa shape index (κ3) is 2.91. The van der Waals surface area contributed by atoms with Gasteiger partial charge < -0.3 is 5.73 Å². The van der Waals surface area contributed by atoms with Crippen molar-refractivity contribution in [3.63, 3.8) is 0 Å². The van der Waals surface area contributed by atoms with E-state index in [0.29, 0.717) is 22.7 Å². The second-order valence-electron chi connectivity index (χ2n) is 4.61. The molecule has 5 heteroatoms. The van der Waals surface area contributed by atoms with Gasteiger partial charge in [-0.15, -0.1) is 11.3 Å². The summed E-state index contributed by atoms with van der Waals surface area (Å²) in [5, 5.41) is 9.23. The topological polar surface area (TPSA) is 62.7 Å². The standard InChI is InChI=1S/C14H14FN3S/c1-8(2)13-12(19-14(17)18-13)6-10-4-3-9(7-16)5-11(10)15/h3-5,8H,6H2,1-2H3,(H2,17,18). The van der Waals surface area contributed by atoms with Crippen LogP contribution in [0, 0.1) is 17.1 Å². The predicted octanol–water partition coefficient (Wildman–Crippen LogP) is 3.45. The molecule has 0 atom stereocenters. The number of nitrogen functional groups attached to an aromatic ring is 1. The molecule has 0 saturated heterocycles. The molecule has 3 nitrogen and oxygen atoms in total. The summed E-state index contributed by atoms with van der Waals surface area (Å²) in [7, 11) is 0. The molecule has 19 heavy (non-hydrogen) atoms. The van der Waals surface area contributed by atoms with E-state index in [2.05, 4.69) is 4.98 Å². The predicted molar refractivity (Wildman–Crippen MR) is 74.5 cm³/mol. The molecule has 0 fully saturated rings. The van der Waals surface area contributed by atoms with Crippen molar-refractivity contribution in [2.75, 3.05) is 5.73 Å². The zero-order valence-corrected chi connectivity index (χ0v) is 11.6. The van der Waals surface area contributed by atoms with E-state index in [-0.39, 0.29) is 11.7 Å². The highest BCUT2D eigenvalue weighted by Gasteiger charge is 2.15. The zero-order valence-electron chi connectivity index (χ0n) is 10.8. The number of aromatic nitrogens is 1. The average molecular weight is 275 g/mol. The fraction of sp³-hybridized carbons (Fsp3) is 0.286. The SMILES string of the molecule is CC(C)c1nc(N)sc1Cc1ccc(C#N)cc1F. The molecule has 1 aromatic heterocycles. The summed E-state index contributed by atoms with van der Waals surface area (Å²) in [5.74, 6) is -0.106. The molecule has 2 N–H and O–H groups in total. The van der Waals surface area contributed by atoms with Crippen LogP contribution in [0.4, 0.5) is 9.52 Å². The van der Waals surface area contributed by atoms with Gasteiger partial charge in [0, 0.05) is 11.3 Å². The smallest absolute Gasteiger partial charge is 0.180 e. The van der Waals surface area contributed by atoms with Crippen LogP contribution >= 0.6 is 11.3 Å². The van der Waals surface area contributed by atoms with Gasteiger partial charge in [0.05, 0.1) is 17.3 Å². The molecule has 0 bridgehead atoms. The van der Waals surface area contributed by atoms with Crippen LogP contribution < -0.4 is 5.73 Å². The molecular formula is C14H14FN3S. The van der Waals surface area contributed by atoms with Crippen molar-refractivity contribution >= 4 is 16.5 Å². The van der Waals surface area contributed by atoms with Gasteiger partial charge in [0.15, 0.2) is 5.13 Å². The van der Waals surface area contributed by atoms with Gasteiger partial charge in [0.1, 0.15) is 5.82 Å². The summed E-state index contributed by atoms with van der Waals surface area (Å²) in [6, 6.07) is 6.45. The monoisotopic (exact) mass is 275 g/mol. The van der Waals surface area contributed by atoms with Gasteiger partial charge in [-0.3, -0.25) is 0 Å². The Morgan fingerprint density at radius 3 is 2.79 bits per heavy atom. The van der Waals surface area contributed by atoms with Crippen molar-refractivity contribution in [2.24, 2.45) is 0 Å². The van der Waals surface area contributed by atoms with Gasteiger partial charge in [-0.1, -0.05) is 19.9 Å². The normalized spacial score (nSPS) is 10.7. The summed E-state index contributed by atoms with van der Waals surface area (Å²) >= 11 is 1.39. The molecule has 0 aliphatic rings. The Hall–Kier alpha value is -1.93. The van der Waals surface area contributed by atoms with Crippen LogP contribution in [0.25, 0.3) is 0 Å². The first-order valence-corrected chi connectivity index (χ1v) is 6.76. The second-order valence-corrected chi connectivity index (χ2v) is 5.73. The number of thiazole rings is 1. The summed E-state index contributed by atoms with van der Waals surface area (Å²) < 4.78 is 13.9. The number of hydrogen-bond acceptors (Lipinski definition) is 4. The van der Waals surface area contributed by atoms with Crippen LogP contribution in [0.15, 0.2) is 18.2 Å². The Bertz CT molecular complexity index is 641. The molecule has 0 aliphatic heterocycles. The van der Waals surface area contributed by atoms with Crippen LogP contribution in [0.5, 0.6) is 0 Å². The number of nitrogens with zero attached hydrogens (tertiary/aromatic N) is 2. The van der Waals surface area contributed by atoms with E-state index in [4.69, 9.17) is 11.0 Å². The number of nitrogens with two attached hydrogens (primary N) is 1. The molecular weight excluding hydrogens is 261 g/mol. The lowest BCUT2D eigenvalue weighted by atomic mass is 10.0. The first-order chi connectivity index (χ1) is 9.01. The van der Waals surface area contributed by atoms with Crippen molar-refractivity contribution in [2.45, 2.75) is 26.2 Å². The number of anilines is 1. The molecule has 2 aromatic rings. The molecule has 0 radical (unpaired) electrons. The fourth-order valence-corrected chi connectivity index (χ4v) is 2.90. The molecule has 0 amide bonds. The van der Waals surface area contributed by atoms with Crippen LogP contribution in [-0.2, 0) is 6.42 Å². The maximum Gasteiger partial charge on any atom is 0.180 e. The van der Waals surface area contributed by atoms with E-state index >= 15 is 0 Å². The summed E-state index contributed by atoms with van der Waals surface area (Å²) in [4.78, 5) is 5.27. The molecule has 98 valence electrons. The van der Waals surface area contributed by atoms with E-state index < -0.39 is 0 Å². The molecule has 0 saturated carbocycles. The molecule has 0 aliphatic carbocycles. The van der Waals surface area contributed by atoms with Crippen LogP contribution in [0.3, 0.4) is 0 Å². The quantitative estimate of drug-likeness (QED) is 0.933. The Balaban J connectivity index is 2.34. The Labute approximate surface area is 115 Å². The average Bonchev–Trinajstić information content (AvgIpc) is 2.73. The minimum absolute atomic E-state index is 0.255. The van der Waals surface area contributed by atoms with E-state index in [1.165, 1.54) is 17.4 Å². The van der Waals surface area contributed by atoms with Crippen LogP contribution in [0.2, 0.25) is 0 Å². The number of rotatable bonds is 3. The van der Waals surface area contributed by atoms with Crippen molar-refractivity contribution in [1.29, 1.82) is 5.26 Å². The van der Waals surface area contributed by atoms with E-state index in [1.807, 2.05) is 19.9 Å². The molecule has 1 aromatic carbocycles. The van der Waals surface area contributed by atoms with E-state index in [9.17, 15) is 4.39 Å². The van der Waals surface area contributed by atoms with Crippen molar-refractivity contribution in [1.82, 2.24) is 4.98 Å². The number of hydrogen-bond donors (Lipinski definition) is 1. The van der Waals surface area contributed by atoms with Crippen LogP contribution in [-0.4, -0.2) is 4.98 Å². The summed E-state index contributed by atoms with van der Waals surface area (Å²) in [5.41, 5.74) is 7.54. The molecule has 2 rings (SSSR count). The van der Waals surface area contributed by atoms with E-state index in [0.717, 1.165) is 10.6 Å². The minimum Gasteiger partial charge on any atom is -0.375 e. The van der Waals surface area contributed by atoms with Gasteiger partial charge in [-0.25, -0.2) is 9.37 Å². The van der Waals surface area contributed by atoms with Gasteiger partial charge in [0.25, 0.3) is 0 Å². The van der Waals surface area contributed by atoms with Gasteiger partial charge >= 0.3 is 0 Å². The Morgan fingerprint density at radius 1 is 1.47 bits per heavy atom. The summed E-state index contributed by atoms with van der Waals surface area (Å²) in [6.07, 6.45) is 0.458. The Morgan fingerprint density at radius 2 is 2.21 bits per heavy atom. The summed E-state index contributed by atoms with van der Waals surface area (Å²) in [6.45, 7) is 4.07. The number of benzene rings is 1. The molecule has 1 heterocycles. The molecule has 0 unspecified atom stereocenters. The van der Waals surface area contributed by atoms with E-state index in [1.54, 1.807) is 12.1 Å².